The van der Waals surface area contributed by atoms with Crippen molar-refractivity contribution in [2.45, 2.75) is 149 Å². The van der Waals surface area contributed by atoms with Gasteiger partial charge in [0.15, 0.2) is 0 Å². The fraction of sp³-hybridized carbons (Fsp3) is 0.429. The summed E-state index contributed by atoms with van der Waals surface area (Å²) in [7, 11) is 0. The molecule has 0 N–H and O–H groups in total. The van der Waals surface area contributed by atoms with E-state index >= 15 is 0 Å². The monoisotopic (exact) mass is 779 g/mol. The van der Waals surface area contributed by atoms with Crippen LogP contribution in [0, 0.1) is 5.92 Å². The summed E-state index contributed by atoms with van der Waals surface area (Å²) in [5, 5.41) is 0. The Kier molecular flexibility index (Phi) is 9.14. The lowest BCUT2D eigenvalue weighted by Gasteiger charge is -2.46. The number of hydrogen-bond donors (Lipinski definition) is 0. The van der Waals surface area contributed by atoms with Gasteiger partial charge in [-0.3, -0.25) is 0 Å². The van der Waals surface area contributed by atoms with E-state index in [9.17, 15) is 0 Å². The van der Waals surface area contributed by atoms with Gasteiger partial charge in [0.25, 0.3) is 6.71 Å². The van der Waals surface area contributed by atoms with Gasteiger partial charge in [0, 0.05) is 39.5 Å². The maximum Gasteiger partial charge on any atom is 0.252 e. The van der Waals surface area contributed by atoms with Crippen molar-refractivity contribution in [2.75, 3.05) is 9.80 Å². The third-order valence-electron chi connectivity index (χ3n) is 15.2. The largest absolute Gasteiger partial charge is 0.311 e. The van der Waals surface area contributed by atoms with Gasteiger partial charge < -0.3 is 9.80 Å². The van der Waals surface area contributed by atoms with Gasteiger partial charge in [0.2, 0.25) is 0 Å². The Bertz CT molecular complexity index is 2500. The zero-order valence-electron chi connectivity index (χ0n) is 38.4. The van der Waals surface area contributed by atoms with Crippen LogP contribution in [0.15, 0.2) is 109 Å². The highest BCUT2D eigenvalue weighted by Crippen LogP contribution is 2.56. The first kappa shape index (κ1) is 39.9. The predicted octanol–water partition coefficient (Wildman–Crippen LogP) is 13.7. The van der Waals surface area contributed by atoms with Gasteiger partial charge in [-0.15, -0.1) is 0 Å². The van der Waals surface area contributed by atoms with Gasteiger partial charge in [-0.2, -0.15) is 0 Å². The van der Waals surface area contributed by atoms with Crippen molar-refractivity contribution in [3.63, 3.8) is 0 Å². The van der Waals surface area contributed by atoms with E-state index in [-0.39, 0.29) is 33.8 Å². The second-order valence-electron chi connectivity index (χ2n) is 22.5. The van der Waals surface area contributed by atoms with Crippen molar-refractivity contribution >= 4 is 57.2 Å². The van der Waals surface area contributed by atoms with Crippen molar-refractivity contribution < 1.29 is 0 Å². The molecule has 5 aromatic carbocycles. The van der Waals surface area contributed by atoms with Crippen molar-refractivity contribution in [3.05, 3.63) is 137 Å². The Labute approximate surface area is 357 Å². The van der Waals surface area contributed by atoms with Crippen LogP contribution in [0.25, 0.3) is 0 Å². The molecule has 2 heterocycles. The molecule has 5 aromatic rings. The summed E-state index contributed by atoms with van der Waals surface area (Å²) in [6.45, 7) is 30.7. The van der Waals surface area contributed by atoms with Crippen molar-refractivity contribution in [3.8, 4) is 0 Å². The number of anilines is 6. The summed E-state index contributed by atoms with van der Waals surface area (Å²) < 4.78 is 0. The smallest absolute Gasteiger partial charge is 0.252 e. The Balaban J connectivity index is 1.42. The first-order chi connectivity index (χ1) is 27.7. The molecule has 1 fully saturated rings. The molecule has 59 heavy (non-hydrogen) atoms. The van der Waals surface area contributed by atoms with Gasteiger partial charge >= 0.3 is 0 Å². The van der Waals surface area contributed by atoms with E-state index in [2.05, 4.69) is 203 Å². The molecule has 1 saturated carbocycles. The summed E-state index contributed by atoms with van der Waals surface area (Å²) in [5.74, 6) is 0.760. The van der Waals surface area contributed by atoms with Gasteiger partial charge in [-0.05, 0) is 159 Å². The molecule has 304 valence electrons. The minimum Gasteiger partial charge on any atom is -0.311 e. The fourth-order valence-corrected chi connectivity index (χ4v) is 10.9. The minimum atomic E-state index is 0.00174. The fourth-order valence-electron chi connectivity index (χ4n) is 10.9. The van der Waals surface area contributed by atoms with Gasteiger partial charge in [0.05, 0.1) is 0 Å². The molecule has 0 saturated heterocycles. The van der Waals surface area contributed by atoms with Crippen LogP contribution in [0.2, 0.25) is 0 Å². The number of hydrogen-bond acceptors (Lipinski definition) is 2. The lowest BCUT2D eigenvalue weighted by Crippen LogP contribution is -2.61. The molecule has 2 bridgehead atoms. The average Bonchev–Trinajstić information content (AvgIpc) is 3.57. The van der Waals surface area contributed by atoms with Crippen molar-refractivity contribution in [2.24, 2.45) is 5.92 Å². The third-order valence-corrected chi connectivity index (χ3v) is 15.2. The van der Waals surface area contributed by atoms with E-state index < -0.39 is 0 Å². The molecule has 2 unspecified atom stereocenters. The van der Waals surface area contributed by atoms with Crippen LogP contribution >= 0.6 is 0 Å². The highest BCUT2D eigenvalue weighted by atomic mass is 15.2. The molecule has 2 aliphatic heterocycles. The molecule has 3 heteroatoms. The Morgan fingerprint density at radius 2 is 1.20 bits per heavy atom. The van der Waals surface area contributed by atoms with Gasteiger partial charge in [-0.1, -0.05) is 143 Å². The summed E-state index contributed by atoms with van der Waals surface area (Å²) in [5.41, 5.74) is 20.7. The molecule has 4 aliphatic rings. The topological polar surface area (TPSA) is 6.48 Å². The quantitative estimate of drug-likeness (QED) is 0.127. The number of nitrogens with zero attached hydrogens (tertiary/aromatic N) is 2. The number of allylic oxidation sites excluding steroid dienone is 2. The van der Waals surface area contributed by atoms with Crippen LogP contribution in [-0.4, -0.2) is 6.71 Å². The van der Waals surface area contributed by atoms with E-state index in [0.29, 0.717) is 0 Å². The van der Waals surface area contributed by atoms with Crippen molar-refractivity contribution in [1.29, 1.82) is 0 Å². The highest BCUT2D eigenvalue weighted by molar-refractivity contribution is 7.00. The molecule has 0 radical (unpaired) electrons. The molecule has 2 aliphatic carbocycles. The Hall–Kier alpha value is -4.50. The van der Waals surface area contributed by atoms with Gasteiger partial charge in [-0.25, -0.2) is 0 Å². The third kappa shape index (κ3) is 6.44. The van der Waals surface area contributed by atoms with Crippen LogP contribution in [0.3, 0.4) is 0 Å². The highest BCUT2D eigenvalue weighted by Gasteiger charge is 2.49. The van der Waals surface area contributed by atoms with E-state index in [1.54, 1.807) is 5.57 Å². The molecular formula is C56H67BN2. The van der Waals surface area contributed by atoms with Crippen LogP contribution in [0.5, 0.6) is 0 Å². The van der Waals surface area contributed by atoms with Crippen molar-refractivity contribution in [1.82, 2.24) is 0 Å². The van der Waals surface area contributed by atoms with Crippen LogP contribution < -0.4 is 26.2 Å². The summed E-state index contributed by atoms with van der Waals surface area (Å²) in [4.78, 5) is 5.32. The van der Waals surface area contributed by atoms with Gasteiger partial charge in [0.1, 0.15) is 0 Å². The first-order valence-electron chi connectivity index (χ1n) is 22.7. The second-order valence-corrected chi connectivity index (χ2v) is 22.5. The predicted molar refractivity (Wildman–Crippen MR) is 257 cm³/mol. The lowest BCUT2D eigenvalue weighted by atomic mass is 9.33. The summed E-state index contributed by atoms with van der Waals surface area (Å²) in [6, 6.07) is 39.2. The Morgan fingerprint density at radius 3 is 1.85 bits per heavy atom. The molecule has 9 rings (SSSR count). The first-order valence-corrected chi connectivity index (χ1v) is 22.7. The summed E-state index contributed by atoms with van der Waals surface area (Å²) in [6.07, 6.45) is 8.65. The molecule has 0 aromatic heterocycles. The molecule has 2 atom stereocenters. The lowest BCUT2D eigenvalue weighted by molar-refractivity contribution is 0.448. The standard InChI is InChI=1S/C56H67BN2/c1-14-55(12,13)41-16-15-17-44(30-41)59-48-32-40(54(9,10)11)22-26-45(48)57-46-31-39(53(6,7)8)23-27-47(46)58(43-24-20-38(21-25-43)52(3,4)5)49-33-42(34-50(59)51(49)57)56-29-28-37(35-56)19-18-36(56)2/h15-18,20-27,30-34,37H,14,19,28-29,35H2,1-13H3. The van der Waals surface area contributed by atoms with Crippen LogP contribution in [0.1, 0.15) is 150 Å². The SMILES string of the molecule is CCC(C)(C)c1cccc(N2c3cc(C(C)(C)C)ccc3B3c4cc(C(C)(C)C)ccc4N(c4ccc(C(C)(C)C)cc4)c4cc(C56CCC(CC=C5C)C6)cc2c43)c1. The molecule has 2 nitrogen and oxygen atoms in total. The normalized spacial score (nSPS) is 20.0. The maximum absolute atomic E-state index is 2.68. The zero-order valence-corrected chi connectivity index (χ0v) is 38.4. The zero-order chi connectivity index (χ0) is 42.0. The molecular weight excluding hydrogens is 711 g/mol. The van der Waals surface area contributed by atoms with Crippen LogP contribution in [-0.2, 0) is 27.1 Å². The number of fused-ring (bicyclic) bond motifs is 6. The van der Waals surface area contributed by atoms with E-state index in [4.69, 9.17) is 0 Å². The van der Waals surface area contributed by atoms with Crippen LogP contribution in [0.4, 0.5) is 34.1 Å². The maximum atomic E-state index is 2.68. The number of rotatable bonds is 5. The Morgan fingerprint density at radius 1 is 0.593 bits per heavy atom. The molecule has 0 spiro atoms. The molecule has 0 amide bonds. The number of benzene rings is 5. The summed E-state index contributed by atoms with van der Waals surface area (Å²) >= 11 is 0. The van der Waals surface area contributed by atoms with E-state index in [0.717, 1.165) is 12.3 Å². The van der Waals surface area contributed by atoms with E-state index in [1.807, 2.05) is 0 Å². The second kappa shape index (κ2) is 13.5. The van der Waals surface area contributed by atoms with E-state index in [1.165, 1.54) is 104 Å². The minimum absolute atomic E-state index is 0.00174. The average molecular weight is 779 g/mol.